The van der Waals surface area contributed by atoms with Crippen molar-refractivity contribution in [1.82, 2.24) is 9.80 Å². The van der Waals surface area contributed by atoms with Gasteiger partial charge in [0.1, 0.15) is 23.1 Å². The molecule has 3 fully saturated rings. The number of halogens is 2. The predicted octanol–water partition coefficient (Wildman–Crippen LogP) is 9.12. The lowest BCUT2D eigenvalue weighted by Gasteiger charge is -2.47. The number of piperidine rings is 2. The average molecular weight is 822 g/mol. The minimum absolute atomic E-state index is 0.0698. The number of carbonyl (C=O) groups is 1. The third-order valence-corrected chi connectivity index (χ3v) is 14.8. The summed E-state index contributed by atoms with van der Waals surface area (Å²) in [5.41, 5.74) is 7.27. The Kier molecular flexibility index (Phi) is 11.2. The number of phenolic OH excluding ortho intramolecular Hbond substituents is 1. The summed E-state index contributed by atoms with van der Waals surface area (Å²) in [6, 6.07) is 21.7. The summed E-state index contributed by atoms with van der Waals surface area (Å²) in [6.45, 7) is 6.48. The van der Waals surface area contributed by atoms with Crippen LogP contribution >= 0.6 is 11.6 Å². The third-order valence-electron chi connectivity index (χ3n) is 14.5. The van der Waals surface area contributed by atoms with Crippen molar-refractivity contribution in [3.05, 3.63) is 117 Å². The first-order valence-corrected chi connectivity index (χ1v) is 21.9. The first-order chi connectivity index (χ1) is 28.6. The van der Waals surface area contributed by atoms with Crippen LogP contribution in [0.3, 0.4) is 0 Å². The molecule has 4 aromatic rings. The van der Waals surface area contributed by atoms with Gasteiger partial charge >= 0.3 is 0 Å². The molecule has 4 aromatic carbocycles. The van der Waals surface area contributed by atoms with Gasteiger partial charge < -0.3 is 34.0 Å². The zero-order chi connectivity index (χ0) is 40.9. The summed E-state index contributed by atoms with van der Waals surface area (Å²) in [5, 5.41) is 10.8. The molecule has 3 saturated heterocycles. The lowest BCUT2D eigenvalue weighted by Crippen LogP contribution is -2.51. The highest BCUT2D eigenvalue weighted by molar-refractivity contribution is 6.33. The first kappa shape index (κ1) is 40.3. The topological polar surface area (TPSA) is 74.7 Å². The number of nitrogens with zero attached hydrogens (tertiary/aromatic N) is 3. The molecule has 4 aliphatic heterocycles. The number of aldehydes is 1. The Morgan fingerprint density at radius 2 is 1.75 bits per heavy atom. The quantitative estimate of drug-likeness (QED) is 0.168. The van der Waals surface area contributed by atoms with E-state index in [1.807, 2.05) is 44.4 Å². The van der Waals surface area contributed by atoms with E-state index in [0.29, 0.717) is 41.1 Å². The Hall–Kier alpha value is -4.15. The standard InChI is InChI=1S/C49H57ClFN3O5/c1-52(2)28-39-40(29-55)42(50)25-41-47(39)58-31-48(41)15-19-53(20-16-48)27-32-13-14-49(59-30-32)17-21-54(22-18-49)44-26-45(57-3)38(24-43(44)51)46-36(33-7-5-4-6-8-33)11-9-34-23-35(56)10-12-37(34)46/h4-8,10,12,23-26,29,32,36,46,56H,9,11,13-22,27-28,30-31H2,1-3H3. The number of aryl methyl sites for hydroxylation is 1. The fraction of sp³-hybridized carbons (Fsp3) is 0.490. The van der Waals surface area contributed by atoms with Crippen LogP contribution in [0, 0.1) is 11.7 Å². The minimum atomic E-state index is -0.224. The van der Waals surface area contributed by atoms with Gasteiger partial charge in [-0.2, -0.15) is 0 Å². The van der Waals surface area contributed by atoms with Gasteiger partial charge in [-0.05, 0) is 131 Å². The van der Waals surface area contributed by atoms with Crippen molar-refractivity contribution in [2.75, 3.05) is 72.0 Å². The van der Waals surface area contributed by atoms with Crippen LogP contribution < -0.4 is 14.4 Å². The Morgan fingerprint density at radius 3 is 2.44 bits per heavy atom. The minimum Gasteiger partial charge on any atom is -0.508 e. The Bertz CT molecular complexity index is 2170. The number of benzene rings is 4. The number of anilines is 1. The summed E-state index contributed by atoms with van der Waals surface area (Å²) >= 11 is 6.69. The van der Waals surface area contributed by atoms with Gasteiger partial charge in [0.25, 0.3) is 0 Å². The van der Waals surface area contributed by atoms with Crippen LogP contribution in [0.2, 0.25) is 5.02 Å². The first-order valence-electron chi connectivity index (χ1n) is 21.5. The molecule has 0 aromatic heterocycles. The van der Waals surface area contributed by atoms with Crippen molar-refractivity contribution >= 4 is 23.6 Å². The molecule has 5 aliphatic rings. The summed E-state index contributed by atoms with van der Waals surface area (Å²) in [6.07, 6.45) is 8.51. The molecule has 3 unspecified atom stereocenters. The van der Waals surface area contributed by atoms with E-state index in [1.165, 1.54) is 11.1 Å². The molecule has 2 spiro atoms. The molecule has 0 amide bonds. The highest BCUT2D eigenvalue weighted by atomic mass is 35.5. The Morgan fingerprint density at radius 1 is 0.966 bits per heavy atom. The molecule has 0 saturated carbocycles. The van der Waals surface area contributed by atoms with Gasteiger partial charge in [-0.25, -0.2) is 4.39 Å². The van der Waals surface area contributed by atoms with Crippen LogP contribution in [0.15, 0.2) is 66.7 Å². The number of carbonyl (C=O) groups excluding carboxylic acids is 1. The van der Waals surface area contributed by atoms with Crippen molar-refractivity contribution in [3.63, 3.8) is 0 Å². The van der Waals surface area contributed by atoms with Gasteiger partial charge in [-0.3, -0.25) is 4.79 Å². The number of ether oxygens (including phenoxy) is 3. The van der Waals surface area contributed by atoms with E-state index in [-0.39, 0.29) is 34.4 Å². The molecule has 8 nitrogen and oxygen atoms in total. The molecule has 1 N–H and O–H groups in total. The predicted molar refractivity (Wildman–Crippen MR) is 230 cm³/mol. The number of likely N-dealkylation sites (tertiary alicyclic amines) is 1. The molecule has 1 aliphatic carbocycles. The number of hydrogen-bond acceptors (Lipinski definition) is 8. The van der Waals surface area contributed by atoms with Gasteiger partial charge in [-0.15, -0.1) is 0 Å². The average Bonchev–Trinajstić information content (AvgIpc) is 3.59. The number of methoxy groups -OCH3 is 1. The lowest BCUT2D eigenvalue weighted by molar-refractivity contribution is -0.117. The van der Waals surface area contributed by atoms with Crippen LogP contribution in [0.5, 0.6) is 17.2 Å². The van der Waals surface area contributed by atoms with E-state index in [4.69, 9.17) is 25.8 Å². The molecule has 4 heterocycles. The molecular weight excluding hydrogens is 765 g/mol. The Balaban J connectivity index is 0.828. The van der Waals surface area contributed by atoms with E-state index in [9.17, 15) is 9.90 Å². The smallest absolute Gasteiger partial charge is 0.152 e. The monoisotopic (exact) mass is 821 g/mol. The van der Waals surface area contributed by atoms with Crippen molar-refractivity contribution in [2.45, 2.75) is 80.8 Å². The van der Waals surface area contributed by atoms with Crippen LogP contribution in [0.1, 0.15) is 101 Å². The van der Waals surface area contributed by atoms with E-state index < -0.39 is 0 Å². The van der Waals surface area contributed by atoms with Gasteiger partial charge in [0.2, 0.25) is 0 Å². The highest BCUT2D eigenvalue weighted by Gasteiger charge is 2.46. The summed E-state index contributed by atoms with van der Waals surface area (Å²) in [4.78, 5) is 18.8. The fourth-order valence-corrected chi connectivity index (χ4v) is 11.4. The molecular formula is C49H57ClFN3O5. The van der Waals surface area contributed by atoms with Crippen molar-refractivity contribution in [2.24, 2.45) is 5.92 Å². The second-order valence-electron chi connectivity index (χ2n) is 18.2. The number of rotatable bonds is 9. The van der Waals surface area contributed by atoms with Crippen LogP contribution in [-0.2, 0) is 23.1 Å². The van der Waals surface area contributed by atoms with Gasteiger partial charge in [-0.1, -0.05) is 48.0 Å². The van der Waals surface area contributed by atoms with Crippen molar-refractivity contribution in [3.8, 4) is 17.2 Å². The van der Waals surface area contributed by atoms with Gasteiger partial charge in [0.15, 0.2) is 6.29 Å². The number of fused-ring (bicyclic) bond motifs is 3. The van der Waals surface area contributed by atoms with Crippen LogP contribution in [0.4, 0.5) is 10.1 Å². The maximum absolute atomic E-state index is 16.5. The van der Waals surface area contributed by atoms with Crippen molar-refractivity contribution < 1.29 is 28.5 Å². The van der Waals surface area contributed by atoms with Crippen LogP contribution in [-0.4, -0.2) is 93.9 Å². The van der Waals surface area contributed by atoms with Crippen molar-refractivity contribution in [1.29, 1.82) is 0 Å². The maximum Gasteiger partial charge on any atom is 0.152 e. The number of aromatic hydroxyl groups is 1. The van der Waals surface area contributed by atoms with Gasteiger partial charge in [0.05, 0.1) is 36.6 Å². The van der Waals surface area contributed by atoms with E-state index >= 15 is 4.39 Å². The highest BCUT2D eigenvalue weighted by Crippen LogP contribution is 2.52. The Labute approximate surface area is 353 Å². The zero-order valence-corrected chi connectivity index (χ0v) is 35.4. The molecule has 0 bridgehead atoms. The van der Waals surface area contributed by atoms with Gasteiger partial charge in [0, 0.05) is 65.8 Å². The number of phenols is 1. The normalized spacial score (nSPS) is 23.6. The summed E-state index contributed by atoms with van der Waals surface area (Å²) < 4.78 is 35.7. The SMILES string of the molecule is COc1cc(N2CCC3(CCC(CN4CCC5(CC4)COc4c5cc(Cl)c(C=O)c4CN(C)C)CO3)CC2)c(F)cc1C1c2ccc(O)cc2CCC1c1ccccc1. The van der Waals surface area contributed by atoms with E-state index in [2.05, 4.69) is 39.0 Å². The second kappa shape index (κ2) is 16.4. The lowest BCUT2D eigenvalue weighted by atomic mass is 9.69. The molecule has 9 rings (SSSR count). The molecule has 0 radical (unpaired) electrons. The van der Waals surface area contributed by atoms with Crippen LogP contribution in [0.25, 0.3) is 0 Å². The third kappa shape index (κ3) is 7.62. The fourth-order valence-electron chi connectivity index (χ4n) is 11.2. The summed E-state index contributed by atoms with van der Waals surface area (Å²) in [7, 11) is 5.68. The molecule has 59 heavy (non-hydrogen) atoms. The zero-order valence-electron chi connectivity index (χ0n) is 34.7. The molecule has 312 valence electrons. The van der Waals surface area contributed by atoms with E-state index in [0.717, 1.165) is 125 Å². The van der Waals surface area contributed by atoms with E-state index in [1.54, 1.807) is 19.2 Å². The summed E-state index contributed by atoms with van der Waals surface area (Å²) in [5.74, 6) is 2.13. The maximum atomic E-state index is 16.5. The number of hydrogen-bond donors (Lipinski definition) is 1. The molecule has 3 atom stereocenters. The second-order valence-corrected chi connectivity index (χ2v) is 18.6. The molecule has 10 heteroatoms. The largest absolute Gasteiger partial charge is 0.508 e.